The normalized spacial score (nSPS) is 16.4. The van der Waals surface area contributed by atoms with Crippen molar-refractivity contribution in [3.05, 3.63) is 71.3 Å². The third-order valence-corrected chi connectivity index (χ3v) is 5.57. The third-order valence-electron chi connectivity index (χ3n) is 5.57. The highest BCUT2D eigenvalue weighted by molar-refractivity contribution is 5.93. The number of nitrogens with one attached hydrogen (secondary N) is 1. The second-order valence-corrected chi connectivity index (χ2v) is 8.30. The molecule has 30 heavy (non-hydrogen) atoms. The number of hydrogen-bond acceptors (Lipinski definition) is 4. The zero-order chi connectivity index (χ0) is 21.1. The lowest BCUT2D eigenvalue weighted by Crippen LogP contribution is -2.41. The molecule has 1 aliphatic heterocycles. The summed E-state index contributed by atoms with van der Waals surface area (Å²) < 4.78 is 0. The Morgan fingerprint density at radius 3 is 2.47 bits per heavy atom. The smallest absolute Gasteiger partial charge is 0.229 e. The van der Waals surface area contributed by atoms with E-state index < -0.39 is 0 Å². The molecule has 1 N–H and O–H groups in total. The first-order chi connectivity index (χ1) is 14.5. The van der Waals surface area contributed by atoms with Crippen LogP contribution < -0.4 is 10.2 Å². The molecule has 5 heteroatoms. The second-order valence-electron chi connectivity index (χ2n) is 8.30. The topological polar surface area (TPSA) is 58.1 Å². The van der Waals surface area contributed by atoms with Gasteiger partial charge in [-0.1, -0.05) is 29.8 Å². The summed E-state index contributed by atoms with van der Waals surface area (Å²) in [6.07, 6.45) is 1.86. The van der Waals surface area contributed by atoms with E-state index in [1.54, 1.807) is 0 Å². The number of nitrogens with zero attached hydrogens (tertiary/aromatic N) is 3. The van der Waals surface area contributed by atoms with Gasteiger partial charge in [-0.3, -0.25) is 4.79 Å². The Morgan fingerprint density at radius 2 is 1.77 bits per heavy atom. The summed E-state index contributed by atoms with van der Waals surface area (Å²) in [5, 5.41) is 12.0. The van der Waals surface area contributed by atoms with Crippen molar-refractivity contribution in [2.75, 3.05) is 23.3 Å². The minimum absolute atomic E-state index is 0.0576. The Morgan fingerprint density at radius 1 is 0.967 bits per heavy atom. The van der Waals surface area contributed by atoms with E-state index in [2.05, 4.69) is 45.5 Å². The molecule has 1 aliphatic rings. The Kier molecular flexibility index (Phi) is 5.79. The number of aryl methyl sites for hydroxylation is 3. The molecular weight excluding hydrogens is 372 g/mol. The predicted octanol–water partition coefficient (Wildman–Crippen LogP) is 4.92. The van der Waals surface area contributed by atoms with Gasteiger partial charge in [0, 0.05) is 24.3 Å². The van der Waals surface area contributed by atoms with Crippen LogP contribution in [0.2, 0.25) is 0 Å². The van der Waals surface area contributed by atoms with Gasteiger partial charge in [0.15, 0.2) is 5.82 Å². The number of hydrogen-bond donors (Lipinski definition) is 1. The highest BCUT2D eigenvalue weighted by Gasteiger charge is 2.27. The maximum atomic E-state index is 12.9. The Bertz CT molecular complexity index is 1030. The van der Waals surface area contributed by atoms with Gasteiger partial charge < -0.3 is 10.2 Å². The second kappa shape index (κ2) is 8.66. The van der Waals surface area contributed by atoms with Gasteiger partial charge in [-0.25, -0.2) is 0 Å². The lowest BCUT2D eigenvalue weighted by molar-refractivity contribution is -0.120. The minimum atomic E-state index is -0.0576. The predicted molar refractivity (Wildman–Crippen MR) is 122 cm³/mol. The van der Waals surface area contributed by atoms with E-state index in [9.17, 15) is 4.79 Å². The van der Waals surface area contributed by atoms with Gasteiger partial charge >= 0.3 is 0 Å². The number of anilines is 2. The summed E-state index contributed by atoms with van der Waals surface area (Å²) in [6, 6.07) is 18.4. The number of benzene rings is 2. The Labute approximate surface area is 178 Å². The first-order valence-corrected chi connectivity index (χ1v) is 10.5. The number of amides is 1. The molecule has 1 atom stereocenters. The molecule has 0 bridgehead atoms. The summed E-state index contributed by atoms with van der Waals surface area (Å²) in [5.74, 6) is 0.849. The third kappa shape index (κ3) is 4.67. The quantitative estimate of drug-likeness (QED) is 0.675. The van der Waals surface area contributed by atoms with Gasteiger partial charge in [0.25, 0.3) is 0 Å². The van der Waals surface area contributed by atoms with Crippen molar-refractivity contribution < 1.29 is 4.79 Å². The van der Waals surface area contributed by atoms with Crippen molar-refractivity contribution in [1.82, 2.24) is 10.2 Å². The van der Waals surface area contributed by atoms with E-state index in [0.29, 0.717) is 6.54 Å². The van der Waals surface area contributed by atoms with E-state index in [0.717, 1.165) is 53.3 Å². The van der Waals surface area contributed by atoms with Crippen molar-refractivity contribution in [3.8, 4) is 11.3 Å². The van der Waals surface area contributed by atoms with Crippen LogP contribution in [0.15, 0.2) is 54.6 Å². The van der Waals surface area contributed by atoms with Crippen molar-refractivity contribution in [2.45, 2.75) is 33.6 Å². The number of carbonyl (C=O) groups is 1. The molecule has 1 saturated heterocycles. The van der Waals surface area contributed by atoms with Crippen molar-refractivity contribution in [1.29, 1.82) is 0 Å². The SMILES string of the molecule is Cc1cc(C)cc(NC(=O)[C@@H]2CCCN(c3ccc(-c4cccc(C)c4)nn3)C2)c1. The van der Waals surface area contributed by atoms with E-state index in [4.69, 9.17) is 0 Å². The monoisotopic (exact) mass is 400 g/mol. The van der Waals surface area contributed by atoms with Gasteiger partial charge in [-0.2, -0.15) is 0 Å². The summed E-state index contributed by atoms with van der Waals surface area (Å²) >= 11 is 0. The molecule has 2 heterocycles. The zero-order valence-electron chi connectivity index (χ0n) is 17.9. The van der Waals surface area contributed by atoms with E-state index in [1.165, 1.54) is 5.56 Å². The molecule has 1 aromatic heterocycles. The summed E-state index contributed by atoms with van der Waals surface area (Å²) in [5.41, 5.74) is 6.31. The Hall–Kier alpha value is -3.21. The summed E-state index contributed by atoms with van der Waals surface area (Å²) in [7, 11) is 0. The van der Waals surface area contributed by atoms with Crippen LogP contribution in [0.1, 0.15) is 29.5 Å². The molecule has 1 fully saturated rings. The zero-order valence-corrected chi connectivity index (χ0v) is 17.9. The highest BCUT2D eigenvalue weighted by atomic mass is 16.1. The maximum absolute atomic E-state index is 12.9. The average Bonchev–Trinajstić information content (AvgIpc) is 2.73. The van der Waals surface area contributed by atoms with Crippen molar-refractivity contribution in [3.63, 3.8) is 0 Å². The Balaban J connectivity index is 1.44. The summed E-state index contributed by atoms with van der Waals surface area (Å²) in [6.45, 7) is 7.72. The van der Waals surface area contributed by atoms with Crippen LogP contribution in [0.5, 0.6) is 0 Å². The lowest BCUT2D eigenvalue weighted by atomic mass is 9.97. The van der Waals surface area contributed by atoms with E-state index in [1.807, 2.05) is 50.2 Å². The largest absolute Gasteiger partial charge is 0.354 e. The van der Waals surface area contributed by atoms with Gasteiger partial charge in [0.1, 0.15) is 0 Å². The standard InChI is InChI=1S/C25H28N4O/c1-17-6-4-7-20(13-17)23-9-10-24(28-27-23)29-11-5-8-21(16-29)25(30)26-22-14-18(2)12-19(3)15-22/h4,6-7,9-10,12-15,21H,5,8,11,16H2,1-3H3,(H,26,30)/t21-/m1/s1. The maximum Gasteiger partial charge on any atom is 0.229 e. The number of rotatable bonds is 4. The molecule has 0 saturated carbocycles. The number of carbonyl (C=O) groups excluding carboxylic acids is 1. The number of aromatic nitrogens is 2. The molecule has 154 valence electrons. The highest BCUT2D eigenvalue weighted by Crippen LogP contribution is 2.25. The van der Waals surface area contributed by atoms with Gasteiger partial charge in [0.05, 0.1) is 11.6 Å². The van der Waals surface area contributed by atoms with Gasteiger partial charge in [-0.15, -0.1) is 10.2 Å². The molecule has 0 radical (unpaired) electrons. The van der Waals surface area contributed by atoms with Crippen LogP contribution >= 0.6 is 0 Å². The fourth-order valence-electron chi connectivity index (χ4n) is 4.14. The van der Waals surface area contributed by atoms with Crippen LogP contribution in [0.3, 0.4) is 0 Å². The first kappa shape index (κ1) is 20.1. The van der Waals surface area contributed by atoms with E-state index >= 15 is 0 Å². The molecule has 0 spiro atoms. The van der Waals surface area contributed by atoms with Gasteiger partial charge in [-0.05, 0) is 75.1 Å². The molecule has 5 nitrogen and oxygen atoms in total. The van der Waals surface area contributed by atoms with Crippen LogP contribution in [0, 0.1) is 26.7 Å². The number of piperidine rings is 1. The van der Waals surface area contributed by atoms with Crippen molar-refractivity contribution >= 4 is 17.4 Å². The van der Waals surface area contributed by atoms with Gasteiger partial charge in [0.2, 0.25) is 5.91 Å². The van der Waals surface area contributed by atoms with Crippen LogP contribution in [-0.4, -0.2) is 29.2 Å². The molecule has 2 aromatic carbocycles. The molecule has 0 unspecified atom stereocenters. The molecule has 1 amide bonds. The van der Waals surface area contributed by atoms with Crippen LogP contribution in [-0.2, 0) is 4.79 Å². The molecular formula is C25H28N4O. The summed E-state index contributed by atoms with van der Waals surface area (Å²) in [4.78, 5) is 15.0. The minimum Gasteiger partial charge on any atom is -0.354 e. The fraction of sp³-hybridized carbons (Fsp3) is 0.320. The molecule has 4 rings (SSSR count). The van der Waals surface area contributed by atoms with E-state index in [-0.39, 0.29) is 11.8 Å². The van der Waals surface area contributed by atoms with Crippen LogP contribution in [0.25, 0.3) is 11.3 Å². The lowest BCUT2D eigenvalue weighted by Gasteiger charge is -2.32. The first-order valence-electron chi connectivity index (χ1n) is 10.5. The van der Waals surface area contributed by atoms with Crippen LogP contribution in [0.4, 0.5) is 11.5 Å². The average molecular weight is 401 g/mol. The molecule has 0 aliphatic carbocycles. The van der Waals surface area contributed by atoms with Crippen molar-refractivity contribution in [2.24, 2.45) is 5.92 Å². The molecule has 3 aromatic rings. The fourth-order valence-corrected chi connectivity index (χ4v) is 4.14.